The molecule has 0 bridgehead atoms. The molecule has 0 saturated heterocycles. The fraction of sp³-hybridized carbons (Fsp3) is 0.304. The standard InChI is InChI=1S/C23H24N6O/c1-14-21-19(23(30)24-12-17-13-25-28(3)15(17)2)11-20(16-9-10-16)26-22(21)29(27-14)18-7-5-4-6-8-18/h4-8,11,13,16H,9-10,12H2,1-3H3,(H,24,30). The van der Waals surface area contributed by atoms with Crippen LogP contribution in [0.15, 0.2) is 42.6 Å². The van der Waals surface area contributed by atoms with Gasteiger partial charge in [-0.2, -0.15) is 10.2 Å². The molecular formula is C23H24N6O. The molecule has 4 aromatic rings. The Kier molecular flexibility index (Phi) is 4.38. The quantitative estimate of drug-likeness (QED) is 0.555. The molecule has 7 nitrogen and oxygen atoms in total. The number of pyridine rings is 1. The van der Waals surface area contributed by atoms with Crippen LogP contribution in [0.1, 0.15) is 51.8 Å². The highest BCUT2D eigenvalue weighted by Crippen LogP contribution is 2.40. The van der Waals surface area contributed by atoms with Crippen LogP contribution in [0.5, 0.6) is 0 Å². The van der Waals surface area contributed by atoms with Crippen LogP contribution in [-0.2, 0) is 13.6 Å². The van der Waals surface area contributed by atoms with Gasteiger partial charge in [0.1, 0.15) is 0 Å². The Morgan fingerprint density at radius 1 is 1.20 bits per heavy atom. The van der Waals surface area contributed by atoms with E-state index in [-0.39, 0.29) is 5.91 Å². The van der Waals surface area contributed by atoms with E-state index in [4.69, 9.17) is 10.1 Å². The zero-order chi connectivity index (χ0) is 20.8. The van der Waals surface area contributed by atoms with Gasteiger partial charge in [0.25, 0.3) is 5.91 Å². The molecule has 0 unspecified atom stereocenters. The summed E-state index contributed by atoms with van der Waals surface area (Å²) in [6, 6.07) is 11.9. The van der Waals surface area contributed by atoms with Crippen molar-refractivity contribution in [1.82, 2.24) is 29.9 Å². The molecule has 30 heavy (non-hydrogen) atoms. The minimum Gasteiger partial charge on any atom is -0.348 e. The van der Waals surface area contributed by atoms with Gasteiger partial charge in [-0.25, -0.2) is 9.67 Å². The predicted molar refractivity (Wildman–Crippen MR) is 115 cm³/mol. The Bertz CT molecular complexity index is 1250. The van der Waals surface area contributed by atoms with Crippen LogP contribution in [0.25, 0.3) is 16.7 Å². The number of rotatable bonds is 5. The maximum atomic E-state index is 13.2. The van der Waals surface area contributed by atoms with Crippen molar-refractivity contribution in [2.24, 2.45) is 7.05 Å². The average molecular weight is 400 g/mol. The third kappa shape index (κ3) is 3.16. The molecule has 3 heterocycles. The van der Waals surface area contributed by atoms with Crippen LogP contribution in [-0.4, -0.2) is 30.5 Å². The average Bonchev–Trinajstić information content (AvgIpc) is 3.50. The molecule has 7 heteroatoms. The molecule has 1 amide bonds. The normalized spacial score (nSPS) is 13.7. The zero-order valence-corrected chi connectivity index (χ0v) is 17.4. The lowest BCUT2D eigenvalue weighted by molar-refractivity contribution is 0.0952. The molecule has 0 radical (unpaired) electrons. The molecular weight excluding hydrogens is 376 g/mol. The number of fused-ring (bicyclic) bond motifs is 1. The number of hydrogen-bond acceptors (Lipinski definition) is 4. The molecule has 1 saturated carbocycles. The van der Waals surface area contributed by atoms with E-state index < -0.39 is 0 Å². The van der Waals surface area contributed by atoms with Crippen molar-refractivity contribution in [2.75, 3.05) is 0 Å². The van der Waals surface area contributed by atoms with Gasteiger partial charge in [-0.15, -0.1) is 0 Å². The van der Waals surface area contributed by atoms with Gasteiger partial charge >= 0.3 is 0 Å². The second-order valence-electron chi connectivity index (χ2n) is 7.96. The summed E-state index contributed by atoms with van der Waals surface area (Å²) in [5.41, 5.74) is 6.15. The Labute approximate surface area is 174 Å². The first-order valence-electron chi connectivity index (χ1n) is 10.2. The maximum Gasteiger partial charge on any atom is 0.252 e. The molecule has 1 fully saturated rings. The van der Waals surface area contributed by atoms with Crippen molar-refractivity contribution < 1.29 is 4.79 Å². The van der Waals surface area contributed by atoms with Gasteiger partial charge < -0.3 is 5.32 Å². The fourth-order valence-electron chi connectivity index (χ4n) is 3.81. The van der Waals surface area contributed by atoms with E-state index in [1.165, 1.54) is 0 Å². The van der Waals surface area contributed by atoms with Crippen molar-refractivity contribution in [3.63, 3.8) is 0 Å². The van der Waals surface area contributed by atoms with Gasteiger partial charge in [0.05, 0.1) is 28.5 Å². The number of amides is 1. The Morgan fingerprint density at radius 2 is 1.97 bits per heavy atom. The van der Waals surface area contributed by atoms with E-state index in [1.807, 2.05) is 66.7 Å². The Balaban J connectivity index is 1.57. The lowest BCUT2D eigenvalue weighted by atomic mass is 10.1. The van der Waals surface area contributed by atoms with Gasteiger partial charge in [0.2, 0.25) is 0 Å². The summed E-state index contributed by atoms with van der Waals surface area (Å²) in [6.07, 6.45) is 4.03. The molecule has 3 aromatic heterocycles. The van der Waals surface area contributed by atoms with Gasteiger partial charge in [-0.3, -0.25) is 9.48 Å². The third-order valence-corrected chi connectivity index (χ3v) is 5.85. The van der Waals surface area contributed by atoms with E-state index in [0.717, 1.165) is 52.2 Å². The number of carbonyl (C=O) groups is 1. The van der Waals surface area contributed by atoms with Crippen molar-refractivity contribution in [2.45, 2.75) is 39.2 Å². The van der Waals surface area contributed by atoms with Crippen molar-refractivity contribution in [1.29, 1.82) is 0 Å². The molecule has 1 aromatic carbocycles. The van der Waals surface area contributed by atoms with E-state index in [0.29, 0.717) is 18.0 Å². The topological polar surface area (TPSA) is 77.6 Å². The summed E-state index contributed by atoms with van der Waals surface area (Å²) in [5.74, 6) is 0.323. The number of nitrogens with one attached hydrogen (secondary N) is 1. The predicted octanol–water partition coefficient (Wildman–Crippen LogP) is 3.58. The molecule has 0 aliphatic heterocycles. The smallest absolute Gasteiger partial charge is 0.252 e. The van der Waals surface area contributed by atoms with Crippen LogP contribution in [0.3, 0.4) is 0 Å². The number of nitrogens with zero attached hydrogens (tertiary/aromatic N) is 5. The minimum absolute atomic E-state index is 0.108. The van der Waals surface area contributed by atoms with Crippen LogP contribution < -0.4 is 5.32 Å². The summed E-state index contributed by atoms with van der Waals surface area (Å²) < 4.78 is 3.66. The highest BCUT2D eigenvalue weighted by atomic mass is 16.1. The number of benzene rings is 1. The minimum atomic E-state index is -0.108. The summed E-state index contributed by atoms with van der Waals surface area (Å²) in [5, 5.41) is 12.9. The lowest BCUT2D eigenvalue weighted by Crippen LogP contribution is -2.23. The molecule has 1 N–H and O–H groups in total. The third-order valence-electron chi connectivity index (χ3n) is 5.85. The van der Waals surface area contributed by atoms with Gasteiger partial charge in [-0.05, 0) is 44.9 Å². The molecule has 1 aliphatic rings. The van der Waals surface area contributed by atoms with Crippen molar-refractivity contribution in [3.05, 3.63) is 70.8 Å². The van der Waals surface area contributed by atoms with Gasteiger partial charge in [0.15, 0.2) is 5.65 Å². The molecule has 152 valence electrons. The largest absolute Gasteiger partial charge is 0.348 e. The second-order valence-corrected chi connectivity index (χ2v) is 7.96. The number of carbonyl (C=O) groups excluding carboxylic acids is 1. The summed E-state index contributed by atoms with van der Waals surface area (Å²) in [6.45, 7) is 4.37. The van der Waals surface area contributed by atoms with Crippen LogP contribution in [0.4, 0.5) is 0 Å². The van der Waals surface area contributed by atoms with E-state index in [9.17, 15) is 4.79 Å². The Hall–Kier alpha value is -3.48. The lowest BCUT2D eigenvalue weighted by Gasteiger charge is -2.10. The van der Waals surface area contributed by atoms with Crippen LogP contribution in [0.2, 0.25) is 0 Å². The van der Waals surface area contributed by atoms with Crippen molar-refractivity contribution in [3.8, 4) is 5.69 Å². The van der Waals surface area contributed by atoms with Gasteiger partial charge in [-0.1, -0.05) is 18.2 Å². The van der Waals surface area contributed by atoms with Crippen LogP contribution in [0, 0.1) is 13.8 Å². The number of para-hydroxylation sites is 1. The maximum absolute atomic E-state index is 13.2. The number of hydrogen-bond donors (Lipinski definition) is 1. The summed E-state index contributed by atoms with van der Waals surface area (Å²) in [7, 11) is 1.90. The summed E-state index contributed by atoms with van der Waals surface area (Å²) in [4.78, 5) is 18.2. The molecule has 0 atom stereocenters. The first kappa shape index (κ1) is 18.5. The zero-order valence-electron chi connectivity index (χ0n) is 17.4. The van der Waals surface area contributed by atoms with Gasteiger partial charge in [0, 0.05) is 36.5 Å². The first-order valence-corrected chi connectivity index (χ1v) is 10.2. The first-order chi connectivity index (χ1) is 14.5. The summed E-state index contributed by atoms with van der Waals surface area (Å²) >= 11 is 0. The molecule has 0 spiro atoms. The Morgan fingerprint density at radius 3 is 2.63 bits per heavy atom. The SMILES string of the molecule is Cc1nn(-c2ccccc2)c2nc(C3CC3)cc(C(=O)NCc3cnn(C)c3C)c12. The fourth-order valence-corrected chi connectivity index (χ4v) is 3.81. The highest BCUT2D eigenvalue weighted by Gasteiger charge is 2.29. The van der Waals surface area contributed by atoms with Crippen molar-refractivity contribution >= 4 is 16.9 Å². The highest BCUT2D eigenvalue weighted by molar-refractivity contribution is 6.06. The molecule has 5 rings (SSSR count). The monoisotopic (exact) mass is 400 g/mol. The van der Waals surface area contributed by atoms with Crippen LogP contribution >= 0.6 is 0 Å². The van der Waals surface area contributed by atoms with E-state index in [2.05, 4.69) is 10.4 Å². The second kappa shape index (κ2) is 7.09. The van der Waals surface area contributed by atoms with E-state index in [1.54, 1.807) is 6.20 Å². The van der Waals surface area contributed by atoms with E-state index >= 15 is 0 Å². The number of aryl methyl sites for hydroxylation is 2. The molecule has 1 aliphatic carbocycles. The number of aromatic nitrogens is 5.